The number of sulfone groups is 1. The van der Waals surface area contributed by atoms with Crippen LogP contribution in [-0.2, 0) is 14.6 Å². The van der Waals surface area contributed by atoms with Crippen LogP contribution in [0.15, 0.2) is 0 Å². The Labute approximate surface area is 75.3 Å². The zero-order valence-corrected chi connectivity index (χ0v) is 7.57. The number of hydrogen-bond donors (Lipinski definition) is 3. The molecule has 1 rings (SSSR count). The summed E-state index contributed by atoms with van der Waals surface area (Å²) in [7, 11) is -3.32. The van der Waals surface area contributed by atoms with Crippen molar-refractivity contribution >= 4 is 15.8 Å². The molecular weight excluding hydrogens is 198 g/mol. The monoisotopic (exact) mass is 209 g/mol. The third kappa shape index (κ3) is 2.17. The van der Waals surface area contributed by atoms with Crippen LogP contribution in [0.2, 0.25) is 0 Å². The Bertz CT molecular complexity index is 311. The standard InChI is InChI=1S/C6H11NO5S/c7-5(6(9)10)3-1-13(11,12)2-4(3)8/h3-5,8H,1-2,7H2,(H,9,10)/t3-,4-,5?/m1/s1. The minimum Gasteiger partial charge on any atom is -0.480 e. The third-order valence-corrected chi connectivity index (χ3v) is 3.85. The maximum atomic E-state index is 11.0. The number of hydrogen-bond acceptors (Lipinski definition) is 5. The van der Waals surface area contributed by atoms with Crippen LogP contribution in [-0.4, -0.2) is 48.3 Å². The van der Waals surface area contributed by atoms with E-state index in [9.17, 15) is 18.3 Å². The predicted molar refractivity (Wildman–Crippen MR) is 43.8 cm³/mol. The van der Waals surface area contributed by atoms with Gasteiger partial charge in [0.25, 0.3) is 0 Å². The highest BCUT2D eigenvalue weighted by Gasteiger charge is 2.42. The molecule has 0 radical (unpaired) electrons. The van der Waals surface area contributed by atoms with Gasteiger partial charge in [0.15, 0.2) is 9.84 Å². The fraction of sp³-hybridized carbons (Fsp3) is 0.833. The minimum absolute atomic E-state index is 0.346. The van der Waals surface area contributed by atoms with E-state index in [1.807, 2.05) is 0 Å². The van der Waals surface area contributed by atoms with Gasteiger partial charge in [-0.05, 0) is 0 Å². The number of aliphatic hydroxyl groups excluding tert-OH is 1. The number of carboxylic acids is 1. The van der Waals surface area contributed by atoms with Crippen LogP contribution in [0.1, 0.15) is 0 Å². The van der Waals surface area contributed by atoms with E-state index >= 15 is 0 Å². The molecule has 0 bridgehead atoms. The van der Waals surface area contributed by atoms with Crippen molar-refractivity contribution in [1.29, 1.82) is 0 Å². The van der Waals surface area contributed by atoms with Gasteiger partial charge in [-0.2, -0.15) is 0 Å². The largest absolute Gasteiger partial charge is 0.480 e. The Kier molecular flexibility index (Phi) is 2.60. The highest BCUT2D eigenvalue weighted by molar-refractivity contribution is 7.91. The second kappa shape index (κ2) is 3.24. The highest BCUT2D eigenvalue weighted by Crippen LogP contribution is 2.21. The lowest BCUT2D eigenvalue weighted by atomic mass is 9.98. The van der Waals surface area contributed by atoms with Gasteiger partial charge in [0.1, 0.15) is 6.04 Å². The fourth-order valence-corrected chi connectivity index (χ4v) is 3.30. The molecule has 0 saturated carbocycles. The first kappa shape index (κ1) is 10.4. The van der Waals surface area contributed by atoms with E-state index in [4.69, 9.17) is 10.8 Å². The lowest BCUT2D eigenvalue weighted by Gasteiger charge is -2.16. The van der Waals surface area contributed by atoms with Gasteiger partial charge in [-0.3, -0.25) is 4.79 Å². The molecule has 76 valence electrons. The first-order chi connectivity index (χ1) is 5.83. The molecule has 3 atom stereocenters. The van der Waals surface area contributed by atoms with E-state index < -0.39 is 39.6 Å². The molecule has 4 N–H and O–H groups in total. The Morgan fingerprint density at radius 2 is 2.00 bits per heavy atom. The molecule has 1 aliphatic heterocycles. The van der Waals surface area contributed by atoms with E-state index in [-0.39, 0.29) is 5.75 Å². The average Bonchev–Trinajstić information content (AvgIpc) is 2.22. The van der Waals surface area contributed by atoms with Crippen LogP contribution >= 0.6 is 0 Å². The van der Waals surface area contributed by atoms with Crippen LogP contribution in [0, 0.1) is 5.92 Å². The van der Waals surface area contributed by atoms with Crippen molar-refractivity contribution in [3.8, 4) is 0 Å². The number of nitrogens with two attached hydrogens (primary N) is 1. The molecule has 0 amide bonds. The van der Waals surface area contributed by atoms with Gasteiger partial charge in [-0.1, -0.05) is 0 Å². The zero-order valence-electron chi connectivity index (χ0n) is 6.75. The average molecular weight is 209 g/mol. The number of aliphatic carboxylic acids is 1. The number of carbonyl (C=O) groups is 1. The Morgan fingerprint density at radius 1 is 1.46 bits per heavy atom. The van der Waals surface area contributed by atoms with Gasteiger partial charge in [-0.25, -0.2) is 8.42 Å². The summed E-state index contributed by atoms with van der Waals surface area (Å²) in [5.74, 6) is -2.91. The SMILES string of the molecule is NC(C(=O)O)[C@@H]1CS(=O)(=O)C[C@H]1O. The molecule has 1 unspecified atom stereocenters. The first-order valence-corrected chi connectivity index (χ1v) is 5.52. The summed E-state index contributed by atoms with van der Waals surface area (Å²) < 4.78 is 21.9. The van der Waals surface area contributed by atoms with Crippen molar-refractivity contribution in [2.24, 2.45) is 11.7 Å². The summed E-state index contributed by atoms with van der Waals surface area (Å²) in [5.41, 5.74) is 5.21. The quantitative estimate of drug-likeness (QED) is 0.475. The molecule has 0 aromatic rings. The summed E-state index contributed by atoms with van der Waals surface area (Å²) in [6, 6.07) is -1.31. The number of carboxylic acid groups (broad SMARTS) is 1. The summed E-state index contributed by atoms with van der Waals surface area (Å²) in [5, 5.41) is 17.7. The Morgan fingerprint density at radius 3 is 2.31 bits per heavy atom. The summed E-state index contributed by atoms with van der Waals surface area (Å²) in [4.78, 5) is 10.4. The van der Waals surface area contributed by atoms with Crippen molar-refractivity contribution in [3.63, 3.8) is 0 Å². The molecule has 1 aliphatic rings. The van der Waals surface area contributed by atoms with Crippen LogP contribution in [0.5, 0.6) is 0 Å². The van der Waals surface area contributed by atoms with E-state index in [1.165, 1.54) is 0 Å². The van der Waals surface area contributed by atoms with E-state index in [0.717, 1.165) is 0 Å². The second-order valence-corrected chi connectivity index (χ2v) is 5.33. The maximum absolute atomic E-state index is 11.0. The zero-order chi connectivity index (χ0) is 10.2. The van der Waals surface area contributed by atoms with Crippen molar-refractivity contribution in [3.05, 3.63) is 0 Å². The van der Waals surface area contributed by atoms with Gasteiger partial charge < -0.3 is 15.9 Å². The molecule has 1 saturated heterocycles. The Hall–Kier alpha value is -0.660. The van der Waals surface area contributed by atoms with E-state index in [1.54, 1.807) is 0 Å². The first-order valence-electron chi connectivity index (χ1n) is 3.70. The molecule has 0 aromatic carbocycles. The molecule has 0 aromatic heterocycles. The van der Waals surface area contributed by atoms with E-state index in [0.29, 0.717) is 0 Å². The van der Waals surface area contributed by atoms with E-state index in [2.05, 4.69) is 0 Å². The summed E-state index contributed by atoms with van der Waals surface area (Å²) in [6.45, 7) is 0. The van der Waals surface area contributed by atoms with Crippen molar-refractivity contribution < 1.29 is 23.4 Å². The summed E-state index contributed by atoms with van der Waals surface area (Å²) in [6.07, 6.45) is -1.16. The molecule has 0 spiro atoms. The second-order valence-electron chi connectivity index (χ2n) is 3.17. The third-order valence-electron chi connectivity index (χ3n) is 2.11. The predicted octanol–water partition coefficient (Wildman–Crippen LogP) is -2.20. The Balaban J connectivity index is 2.79. The van der Waals surface area contributed by atoms with Crippen molar-refractivity contribution in [1.82, 2.24) is 0 Å². The molecular formula is C6H11NO5S. The fourth-order valence-electron chi connectivity index (χ4n) is 1.38. The number of aliphatic hydroxyl groups is 1. The van der Waals surface area contributed by atoms with Crippen molar-refractivity contribution in [2.75, 3.05) is 11.5 Å². The normalized spacial score (nSPS) is 34.3. The van der Waals surface area contributed by atoms with Gasteiger partial charge in [-0.15, -0.1) is 0 Å². The minimum atomic E-state index is -3.32. The maximum Gasteiger partial charge on any atom is 0.320 e. The molecule has 13 heavy (non-hydrogen) atoms. The molecule has 1 heterocycles. The molecule has 7 heteroatoms. The van der Waals surface area contributed by atoms with Gasteiger partial charge in [0.05, 0.1) is 17.6 Å². The van der Waals surface area contributed by atoms with Gasteiger partial charge >= 0.3 is 5.97 Å². The lowest BCUT2D eigenvalue weighted by molar-refractivity contribution is -0.140. The molecule has 1 fully saturated rings. The summed E-state index contributed by atoms with van der Waals surface area (Å²) >= 11 is 0. The topological polar surface area (TPSA) is 118 Å². The molecule has 0 aliphatic carbocycles. The lowest BCUT2D eigenvalue weighted by Crippen LogP contribution is -2.43. The van der Waals surface area contributed by atoms with Crippen molar-refractivity contribution in [2.45, 2.75) is 12.1 Å². The van der Waals surface area contributed by atoms with Crippen LogP contribution in [0.4, 0.5) is 0 Å². The highest BCUT2D eigenvalue weighted by atomic mass is 32.2. The van der Waals surface area contributed by atoms with Crippen LogP contribution < -0.4 is 5.73 Å². The molecule has 6 nitrogen and oxygen atoms in total. The smallest absolute Gasteiger partial charge is 0.320 e. The van der Waals surface area contributed by atoms with Crippen LogP contribution in [0.25, 0.3) is 0 Å². The number of rotatable bonds is 2. The van der Waals surface area contributed by atoms with Gasteiger partial charge in [0, 0.05) is 5.92 Å². The van der Waals surface area contributed by atoms with Crippen LogP contribution in [0.3, 0.4) is 0 Å². The van der Waals surface area contributed by atoms with Gasteiger partial charge in [0.2, 0.25) is 0 Å².